The molecule has 1 fully saturated rings. The van der Waals surface area contributed by atoms with Gasteiger partial charge in [-0.05, 0) is 37.1 Å². The highest BCUT2D eigenvalue weighted by atomic mass is 16.5. The zero-order chi connectivity index (χ0) is 17.9. The highest BCUT2D eigenvalue weighted by molar-refractivity contribution is 5.94. The van der Waals surface area contributed by atoms with Crippen LogP contribution in [-0.4, -0.2) is 56.7 Å². The first-order valence-corrected chi connectivity index (χ1v) is 8.77. The van der Waals surface area contributed by atoms with Crippen LogP contribution >= 0.6 is 0 Å². The Morgan fingerprint density at radius 2 is 2.27 bits per heavy atom. The summed E-state index contributed by atoms with van der Waals surface area (Å²) in [6.07, 6.45) is 7.71. The molecule has 0 N–H and O–H groups in total. The second-order valence-corrected chi connectivity index (χ2v) is 6.70. The van der Waals surface area contributed by atoms with Crippen LogP contribution in [0, 0.1) is 12.8 Å². The molecule has 7 heteroatoms. The number of aromatic nitrogens is 4. The highest BCUT2D eigenvalue weighted by Gasteiger charge is 2.24. The molecule has 4 rings (SSSR count). The third-order valence-electron chi connectivity index (χ3n) is 4.55. The molecule has 26 heavy (non-hydrogen) atoms. The minimum absolute atomic E-state index is 0.00900. The van der Waals surface area contributed by atoms with E-state index in [9.17, 15) is 4.79 Å². The predicted molar refractivity (Wildman–Crippen MR) is 95.9 cm³/mol. The minimum atomic E-state index is 0.00900. The molecule has 1 aliphatic rings. The van der Waals surface area contributed by atoms with E-state index < -0.39 is 0 Å². The van der Waals surface area contributed by atoms with E-state index in [0.29, 0.717) is 31.9 Å². The van der Waals surface area contributed by atoms with Crippen LogP contribution in [0.2, 0.25) is 0 Å². The fraction of sp³-hybridized carbons (Fsp3) is 0.368. The summed E-state index contributed by atoms with van der Waals surface area (Å²) < 4.78 is 7.51. The summed E-state index contributed by atoms with van der Waals surface area (Å²) in [4.78, 5) is 23.1. The summed E-state index contributed by atoms with van der Waals surface area (Å²) in [5.41, 5.74) is 3.41. The molecule has 134 valence electrons. The molecule has 1 aliphatic heterocycles. The van der Waals surface area contributed by atoms with Crippen molar-refractivity contribution < 1.29 is 9.53 Å². The van der Waals surface area contributed by atoms with Gasteiger partial charge in [-0.3, -0.25) is 9.78 Å². The molecule has 0 bridgehead atoms. The minimum Gasteiger partial charge on any atom is -0.379 e. The van der Waals surface area contributed by atoms with Gasteiger partial charge in [-0.15, -0.1) is 0 Å². The Bertz CT molecular complexity index is 923. The van der Waals surface area contributed by atoms with E-state index >= 15 is 0 Å². The average molecular weight is 351 g/mol. The lowest BCUT2D eigenvalue weighted by atomic mass is 10.0. The third kappa shape index (κ3) is 3.57. The lowest BCUT2D eigenvalue weighted by Gasteiger charge is -2.23. The summed E-state index contributed by atoms with van der Waals surface area (Å²) in [5.74, 6) is 0.211. The summed E-state index contributed by atoms with van der Waals surface area (Å²) >= 11 is 0. The molecular weight excluding hydrogens is 330 g/mol. The molecule has 0 aliphatic carbocycles. The molecule has 3 aromatic rings. The molecule has 1 amide bonds. The molecule has 0 saturated carbocycles. The summed E-state index contributed by atoms with van der Waals surface area (Å²) in [5, 5.41) is 4.58. The first-order chi connectivity index (χ1) is 12.7. The first-order valence-electron chi connectivity index (χ1n) is 8.77. The van der Waals surface area contributed by atoms with Crippen LogP contribution < -0.4 is 0 Å². The van der Waals surface area contributed by atoms with E-state index in [1.807, 2.05) is 36.2 Å². The van der Waals surface area contributed by atoms with Crippen molar-refractivity contribution in [3.63, 3.8) is 0 Å². The summed E-state index contributed by atoms with van der Waals surface area (Å²) in [7, 11) is 0. The second-order valence-electron chi connectivity index (χ2n) is 6.70. The van der Waals surface area contributed by atoms with Crippen molar-refractivity contribution in [2.75, 3.05) is 26.3 Å². The Kier molecular flexibility index (Phi) is 4.62. The van der Waals surface area contributed by atoms with Crippen molar-refractivity contribution in [2.45, 2.75) is 13.3 Å². The van der Waals surface area contributed by atoms with Crippen molar-refractivity contribution in [1.29, 1.82) is 0 Å². The second kappa shape index (κ2) is 7.21. The topological polar surface area (TPSA) is 72.6 Å². The molecule has 1 atom stereocenters. The van der Waals surface area contributed by atoms with Crippen LogP contribution in [-0.2, 0) is 11.2 Å². The van der Waals surface area contributed by atoms with Gasteiger partial charge < -0.3 is 9.64 Å². The largest absolute Gasteiger partial charge is 0.379 e. The number of carbonyl (C=O) groups excluding carboxylic acids is 1. The van der Waals surface area contributed by atoms with Crippen molar-refractivity contribution in [3.8, 4) is 0 Å². The fourth-order valence-corrected chi connectivity index (χ4v) is 3.30. The van der Waals surface area contributed by atoms with E-state index in [2.05, 4.69) is 15.1 Å². The number of amides is 1. The smallest absolute Gasteiger partial charge is 0.255 e. The zero-order valence-electron chi connectivity index (χ0n) is 14.7. The van der Waals surface area contributed by atoms with E-state index in [1.54, 1.807) is 23.1 Å². The number of rotatable bonds is 3. The maximum absolute atomic E-state index is 12.8. The Hall–Kier alpha value is -2.80. The Morgan fingerprint density at radius 3 is 3.15 bits per heavy atom. The van der Waals surface area contributed by atoms with Gasteiger partial charge in [0.1, 0.15) is 0 Å². The molecule has 0 unspecified atom stereocenters. The van der Waals surface area contributed by atoms with Gasteiger partial charge in [-0.2, -0.15) is 5.10 Å². The molecule has 0 radical (unpaired) electrons. The molecule has 3 aromatic heterocycles. The van der Waals surface area contributed by atoms with Gasteiger partial charge in [0.2, 0.25) is 0 Å². The number of pyridine rings is 1. The number of nitrogens with zero attached hydrogens (tertiary/aromatic N) is 5. The molecule has 0 aromatic carbocycles. The Balaban J connectivity index is 1.49. The predicted octanol–water partition coefficient (Wildman–Crippen LogP) is 1.76. The highest BCUT2D eigenvalue weighted by Crippen LogP contribution is 2.16. The number of ether oxygens (including phenoxy) is 1. The zero-order valence-corrected chi connectivity index (χ0v) is 14.7. The molecule has 0 spiro atoms. The van der Waals surface area contributed by atoms with Crippen molar-refractivity contribution in [1.82, 2.24) is 24.5 Å². The van der Waals surface area contributed by atoms with Crippen LogP contribution in [0.4, 0.5) is 0 Å². The Morgan fingerprint density at radius 1 is 1.35 bits per heavy atom. The monoisotopic (exact) mass is 351 g/mol. The van der Waals surface area contributed by atoms with Gasteiger partial charge in [-0.25, -0.2) is 9.50 Å². The Labute approximate surface area is 151 Å². The van der Waals surface area contributed by atoms with Crippen LogP contribution in [0.1, 0.15) is 21.6 Å². The molecule has 4 heterocycles. The van der Waals surface area contributed by atoms with Crippen LogP contribution in [0.3, 0.4) is 0 Å². The van der Waals surface area contributed by atoms with Gasteiger partial charge >= 0.3 is 0 Å². The van der Waals surface area contributed by atoms with E-state index in [1.165, 1.54) is 0 Å². The summed E-state index contributed by atoms with van der Waals surface area (Å²) in [6.45, 7) is 4.36. The van der Waals surface area contributed by atoms with Gasteiger partial charge in [-0.1, -0.05) is 0 Å². The molecule has 1 saturated heterocycles. The molecular formula is C19H21N5O2. The number of hydrogen-bond donors (Lipinski definition) is 0. The van der Waals surface area contributed by atoms with Gasteiger partial charge in [0.05, 0.1) is 24.5 Å². The van der Waals surface area contributed by atoms with Crippen LogP contribution in [0.15, 0.2) is 43.0 Å². The van der Waals surface area contributed by atoms with E-state index in [4.69, 9.17) is 4.74 Å². The van der Waals surface area contributed by atoms with E-state index in [0.717, 1.165) is 23.3 Å². The SMILES string of the molecule is Cc1cncc(C(=O)N2CCOC[C@@H](Cc3ccc4nccn4n3)C2)c1. The maximum Gasteiger partial charge on any atom is 0.255 e. The number of imidazole rings is 1. The van der Waals surface area contributed by atoms with Crippen LogP contribution in [0.25, 0.3) is 5.65 Å². The van der Waals surface area contributed by atoms with Crippen molar-refractivity contribution >= 4 is 11.6 Å². The first kappa shape index (κ1) is 16.7. The number of carbonyl (C=O) groups is 1. The normalized spacial score (nSPS) is 18.0. The number of aryl methyl sites for hydroxylation is 1. The van der Waals surface area contributed by atoms with Crippen LogP contribution in [0.5, 0.6) is 0 Å². The standard InChI is InChI=1S/C19H21N5O2/c1-14-8-16(11-20-10-14)19(25)23-6-7-26-13-15(12-23)9-17-2-3-18-21-4-5-24(18)22-17/h2-5,8,10-11,15H,6-7,9,12-13H2,1H3/t15-/m0/s1. The van der Waals surface area contributed by atoms with Crippen molar-refractivity contribution in [2.24, 2.45) is 5.92 Å². The van der Waals surface area contributed by atoms with Gasteiger partial charge in [0.15, 0.2) is 5.65 Å². The average Bonchev–Trinajstić information content (AvgIpc) is 2.99. The number of hydrogen-bond acceptors (Lipinski definition) is 5. The number of fused-ring (bicyclic) bond motifs is 1. The fourth-order valence-electron chi connectivity index (χ4n) is 3.30. The lowest BCUT2D eigenvalue weighted by molar-refractivity contribution is 0.0736. The molecule has 7 nitrogen and oxygen atoms in total. The lowest BCUT2D eigenvalue weighted by Crippen LogP contribution is -2.36. The summed E-state index contributed by atoms with van der Waals surface area (Å²) in [6, 6.07) is 5.83. The van der Waals surface area contributed by atoms with Gasteiger partial charge in [0, 0.05) is 43.8 Å². The van der Waals surface area contributed by atoms with E-state index in [-0.39, 0.29) is 11.8 Å². The third-order valence-corrected chi connectivity index (χ3v) is 4.55. The maximum atomic E-state index is 12.8. The quantitative estimate of drug-likeness (QED) is 0.719. The van der Waals surface area contributed by atoms with Crippen molar-refractivity contribution in [3.05, 3.63) is 59.8 Å². The van der Waals surface area contributed by atoms with Gasteiger partial charge in [0.25, 0.3) is 5.91 Å².